The normalized spacial score (nSPS) is 21.4. The van der Waals surface area contributed by atoms with E-state index in [1.807, 2.05) is 34.6 Å². The van der Waals surface area contributed by atoms with E-state index in [9.17, 15) is 0 Å². The number of halogens is 1. The molecule has 0 spiro atoms. The van der Waals surface area contributed by atoms with Crippen LogP contribution in [0.4, 0.5) is 0 Å². The van der Waals surface area contributed by atoms with Crippen molar-refractivity contribution >= 4 is 33.3 Å². The Morgan fingerprint density at radius 2 is 2.44 bits per heavy atom. The van der Waals surface area contributed by atoms with Gasteiger partial charge in [-0.25, -0.2) is 9.50 Å². The molecule has 5 heteroatoms. The zero-order chi connectivity index (χ0) is 11.0. The molecule has 84 valence electrons. The number of thioether (sulfide) groups is 1. The molecule has 3 rings (SSSR count). The molecule has 1 fully saturated rings. The fraction of sp³-hybridized carbons (Fsp3) is 0.455. The van der Waals surface area contributed by atoms with E-state index in [0.717, 1.165) is 21.7 Å². The van der Waals surface area contributed by atoms with Crippen LogP contribution in [0.2, 0.25) is 0 Å². The van der Waals surface area contributed by atoms with Crippen molar-refractivity contribution in [2.24, 2.45) is 0 Å². The maximum Gasteiger partial charge on any atom is 0.169 e. The molecule has 16 heavy (non-hydrogen) atoms. The van der Waals surface area contributed by atoms with Gasteiger partial charge in [-0.05, 0) is 46.7 Å². The highest BCUT2D eigenvalue weighted by molar-refractivity contribution is 9.10. The van der Waals surface area contributed by atoms with Crippen LogP contribution in [0.5, 0.6) is 0 Å². The smallest absolute Gasteiger partial charge is 0.169 e. The van der Waals surface area contributed by atoms with Crippen molar-refractivity contribution in [3.8, 4) is 0 Å². The molecule has 2 aromatic rings. The minimum Gasteiger partial charge on any atom is -0.220 e. The van der Waals surface area contributed by atoms with Crippen molar-refractivity contribution in [1.29, 1.82) is 0 Å². The lowest BCUT2D eigenvalue weighted by Crippen LogP contribution is -2.10. The molecule has 0 amide bonds. The fourth-order valence-corrected chi connectivity index (χ4v) is 3.57. The largest absolute Gasteiger partial charge is 0.220 e. The van der Waals surface area contributed by atoms with Gasteiger partial charge in [-0.1, -0.05) is 0 Å². The molecule has 1 saturated heterocycles. The number of hydrogen-bond donors (Lipinski definition) is 0. The summed E-state index contributed by atoms with van der Waals surface area (Å²) in [4.78, 5) is 4.63. The van der Waals surface area contributed by atoms with E-state index in [-0.39, 0.29) is 0 Å². The highest BCUT2D eigenvalue weighted by Gasteiger charge is 2.20. The Hall–Kier alpha value is -0.550. The number of aromatic nitrogens is 3. The summed E-state index contributed by atoms with van der Waals surface area (Å²) in [5, 5.41) is 4.56. The first-order valence-electron chi connectivity index (χ1n) is 5.43. The molecule has 1 aliphatic rings. The molecular weight excluding hydrogens is 286 g/mol. The standard InChI is InChI=1S/C11H12BrN3S/c12-9-4-1-5-15-11(9)13-10(14-15)8-3-2-6-16-7-8/h1,4-5,8H,2-3,6-7H2. The van der Waals surface area contributed by atoms with Crippen LogP contribution in [-0.4, -0.2) is 26.1 Å². The van der Waals surface area contributed by atoms with Crippen LogP contribution < -0.4 is 0 Å². The Balaban J connectivity index is 2.01. The first-order valence-corrected chi connectivity index (χ1v) is 7.38. The summed E-state index contributed by atoms with van der Waals surface area (Å²) in [6, 6.07) is 3.98. The van der Waals surface area contributed by atoms with Crippen LogP contribution in [0.15, 0.2) is 22.8 Å². The second-order valence-corrected chi connectivity index (χ2v) is 6.01. The predicted octanol–water partition coefficient (Wildman–Crippen LogP) is 3.10. The maximum atomic E-state index is 4.63. The molecule has 0 saturated carbocycles. The van der Waals surface area contributed by atoms with Crippen LogP contribution in [0.3, 0.4) is 0 Å². The first-order chi connectivity index (χ1) is 7.84. The van der Waals surface area contributed by atoms with E-state index in [1.165, 1.54) is 18.6 Å². The van der Waals surface area contributed by atoms with Gasteiger partial charge in [-0.3, -0.25) is 0 Å². The SMILES string of the molecule is Brc1cccn2nc(C3CCCSC3)nc12. The first kappa shape index (κ1) is 10.6. The number of pyridine rings is 1. The lowest BCUT2D eigenvalue weighted by atomic mass is 10.1. The van der Waals surface area contributed by atoms with Crippen LogP contribution in [0.25, 0.3) is 5.65 Å². The second-order valence-electron chi connectivity index (χ2n) is 4.01. The fourth-order valence-electron chi connectivity index (χ4n) is 2.01. The maximum absolute atomic E-state index is 4.63. The van der Waals surface area contributed by atoms with Gasteiger partial charge >= 0.3 is 0 Å². The topological polar surface area (TPSA) is 30.2 Å². The van der Waals surface area contributed by atoms with Gasteiger partial charge in [0.1, 0.15) is 0 Å². The average molecular weight is 298 g/mol. The number of fused-ring (bicyclic) bond motifs is 1. The summed E-state index contributed by atoms with van der Waals surface area (Å²) in [6.07, 6.45) is 4.46. The van der Waals surface area contributed by atoms with Crippen molar-refractivity contribution in [1.82, 2.24) is 14.6 Å². The molecule has 3 heterocycles. The molecule has 3 nitrogen and oxygen atoms in total. The quantitative estimate of drug-likeness (QED) is 0.810. The second kappa shape index (κ2) is 4.37. The van der Waals surface area contributed by atoms with Crippen LogP contribution in [-0.2, 0) is 0 Å². The number of hydrogen-bond acceptors (Lipinski definition) is 3. The van der Waals surface area contributed by atoms with Crippen molar-refractivity contribution in [2.75, 3.05) is 11.5 Å². The number of nitrogens with zero attached hydrogens (tertiary/aromatic N) is 3. The Labute approximate surface area is 107 Å². The lowest BCUT2D eigenvalue weighted by Gasteiger charge is -2.17. The monoisotopic (exact) mass is 297 g/mol. The van der Waals surface area contributed by atoms with Gasteiger partial charge in [0, 0.05) is 17.9 Å². The highest BCUT2D eigenvalue weighted by Crippen LogP contribution is 2.30. The number of rotatable bonds is 1. The summed E-state index contributed by atoms with van der Waals surface area (Å²) in [5.41, 5.74) is 0.924. The Morgan fingerprint density at radius 1 is 1.50 bits per heavy atom. The third kappa shape index (κ3) is 1.86. The Bertz CT molecular complexity index is 505. The zero-order valence-electron chi connectivity index (χ0n) is 8.77. The average Bonchev–Trinajstić information content (AvgIpc) is 2.76. The molecule has 0 N–H and O–H groups in total. The summed E-state index contributed by atoms with van der Waals surface area (Å²) in [6.45, 7) is 0. The van der Waals surface area contributed by atoms with Gasteiger partial charge in [0.05, 0.1) is 4.47 Å². The minimum atomic E-state index is 0.533. The molecule has 0 aromatic carbocycles. The van der Waals surface area contributed by atoms with Gasteiger partial charge in [0.25, 0.3) is 0 Å². The lowest BCUT2D eigenvalue weighted by molar-refractivity contribution is 0.622. The summed E-state index contributed by atoms with van der Waals surface area (Å²) >= 11 is 5.52. The van der Waals surface area contributed by atoms with E-state index < -0.39 is 0 Å². The van der Waals surface area contributed by atoms with Crippen LogP contribution in [0, 0.1) is 0 Å². The van der Waals surface area contributed by atoms with E-state index >= 15 is 0 Å². The zero-order valence-corrected chi connectivity index (χ0v) is 11.2. The summed E-state index contributed by atoms with van der Waals surface area (Å²) in [5.74, 6) is 3.98. The summed E-state index contributed by atoms with van der Waals surface area (Å²) in [7, 11) is 0. The van der Waals surface area contributed by atoms with Gasteiger partial charge in [-0.2, -0.15) is 16.9 Å². The molecule has 1 atom stereocenters. The molecule has 1 unspecified atom stereocenters. The van der Waals surface area contributed by atoms with E-state index in [1.54, 1.807) is 0 Å². The van der Waals surface area contributed by atoms with E-state index in [0.29, 0.717) is 5.92 Å². The molecule has 0 radical (unpaired) electrons. The molecule has 1 aliphatic heterocycles. The minimum absolute atomic E-state index is 0.533. The van der Waals surface area contributed by atoms with E-state index in [4.69, 9.17) is 0 Å². The van der Waals surface area contributed by atoms with Crippen LogP contribution in [0.1, 0.15) is 24.6 Å². The van der Waals surface area contributed by atoms with Gasteiger partial charge in [0.2, 0.25) is 0 Å². The molecule has 0 bridgehead atoms. The van der Waals surface area contributed by atoms with Crippen molar-refractivity contribution < 1.29 is 0 Å². The molecular formula is C11H12BrN3S. The van der Waals surface area contributed by atoms with Crippen molar-refractivity contribution in [2.45, 2.75) is 18.8 Å². The molecule has 0 aliphatic carbocycles. The van der Waals surface area contributed by atoms with Gasteiger partial charge in [0.15, 0.2) is 11.5 Å². The summed E-state index contributed by atoms with van der Waals surface area (Å²) < 4.78 is 2.87. The molecule has 2 aromatic heterocycles. The predicted molar refractivity (Wildman–Crippen MR) is 70.0 cm³/mol. The van der Waals surface area contributed by atoms with Crippen LogP contribution >= 0.6 is 27.7 Å². The highest BCUT2D eigenvalue weighted by atomic mass is 79.9. The Morgan fingerprint density at radius 3 is 3.19 bits per heavy atom. The Kier molecular flexibility index (Phi) is 2.90. The van der Waals surface area contributed by atoms with Gasteiger partial charge in [-0.15, -0.1) is 0 Å². The van der Waals surface area contributed by atoms with Crippen molar-refractivity contribution in [3.05, 3.63) is 28.6 Å². The third-order valence-electron chi connectivity index (χ3n) is 2.86. The van der Waals surface area contributed by atoms with Crippen molar-refractivity contribution in [3.63, 3.8) is 0 Å². The van der Waals surface area contributed by atoms with Gasteiger partial charge < -0.3 is 0 Å². The van der Waals surface area contributed by atoms with E-state index in [2.05, 4.69) is 26.0 Å². The third-order valence-corrected chi connectivity index (χ3v) is 4.69.